The quantitative estimate of drug-likeness (QED) is 0.842. The number of benzene rings is 1. The minimum atomic E-state index is 0.586. The van der Waals surface area contributed by atoms with Gasteiger partial charge in [-0.1, -0.05) is 28.1 Å². The van der Waals surface area contributed by atoms with Crippen LogP contribution in [0.15, 0.2) is 28.7 Å². The number of hydrogen-bond acceptors (Lipinski definition) is 4. The summed E-state index contributed by atoms with van der Waals surface area (Å²) >= 11 is 4.63. The second-order valence-corrected chi connectivity index (χ2v) is 4.22. The summed E-state index contributed by atoms with van der Waals surface area (Å²) in [5.74, 6) is 0.708. The van der Waals surface area contributed by atoms with Crippen LogP contribution in [0.3, 0.4) is 0 Å². The molecule has 0 saturated carbocycles. The van der Waals surface area contributed by atoms with Crippen LogP contribution in [0.4, 0.5) is 0 Å². The van der Waals surface area contributed by atoms with E-state index in [1.54, 1.807) is 7.11 Å². The molecule has 0 atom stereocenters. The molecule has 1 aromatic heterocycles. The fourth-order valence-corrected chi connectivity index (χ4v) is 1.79. The molecule has 0 radical (unpaired) electrons. The molecule has 14 heavy (non-hydrogen) atoms. The van der Waals surface area contributed by atoms with E-state index in [1.807, 2.05) is 24.3 Å². The third-order valence-corrected chi connectivity index (χ3v) is 2.89. The third kappa shape index (κ3) is 1.93. The van der Waals surface area contributed by atoms with Gasteiger partial charge in [0.25, 0.3) is 5.19 Å². The molecular weight excluding hydrogens is 264 g/mol. The van der Waals surface area contributed by atoms with Gasteiger partial charge in [0.15, 0.2) is 5.82 Å². The molecule has 0 N–H and O–H groups in total. The highest BCUT2D eigenvalue weighted by Gasteiger charge is 2.05. The lowest BCUT2D eigenvalue weighted by molar-refractivity contribution is 0.412. The zero-order valence-corrected chi connectivity index (χ0v) is 9.80. The molecule has 0 saturated heterocycles. The normalized spacial score (nSPS) is 10.1. The first-order valence-corrected chi connectivity index (χ1v) is 5.50. The summed E-state index contributed by atoms with van der Waals surface area (Å²) in [6, 6.07) is 7.85. The molecule has 0 spiro atoms. The zero-order chi connectivity index (χ0) is 9.97. The standard InChI is InChI=1S/C9H7BrN2OS/c1-13-9-11-8(12-14-9)6-2-4-7(10)5-3-6/h2-5H,1H3. The van der Waals surface area contributed by atoms with Crippen molar-refractivity contribution in [3.63, 3.8) is 0 Å². The van der Waals surface area contributed by atoms with Crippen LogP contribution in [0.1, 0.15) is 0 Å². The van der Waals surface area contributed by atoms with E-state index < -0.39 is 0 Å². The Morgan fingerprint density at radius 3 is 2.57 bits per heavy atom. The van der Waals surface area contributed by atoms with E-state index in [0.29, 0.717) is 11.0 Å². The minimum Gasteiger partial charge on any atom is -0.472 e. The smallest absolute Gasteiger partial charge is 0.293 e. The van der Waals surface area contributed by atoms with Crippen molar-refractivity contribution < 1.29 is 4.74 Å². The van der Waals surface area contributed by atoms with E-state index in [1.165, 1.54) is 11.5 Å². The monoisotopic (exact) mass is 270 g/mol. The maximum Gasteiger partial charge on any atom is 0.293 e. The van der Waals surface area contributed by atoms with E-state index in [2.05, 4.69) is 25.3 Å². The number of rotatable bonds is 2. The van der Waals surface area contributed by atoms with Gasteiger partial charge in [0.05, 0.1) is 7.11 Å². The highest BCUT2D eigenvalue weighted by atomic mass is 79.9. The third-order valence-electron chi connectivity index (χ3n) is 1.68. The number of nitrogens with zero attached hydrogens (tertiary/aromatic N) is 2. The Balaban J connectivity index is 2.34. The highest BCUT2D eigenvalue weighted by molar-refractivity contribution is 9.10. The van der Waals surface area contributed by atoms with E-state index in [-0.39, 0.29) is 0 Å². The van der Waals surface area contributed by atoms with Gasteiger partial charge in [0.1, 0.15) is 0 Å². The van der Waals surface area contributed by atoms with Crippen LogP contribution in [0, 0.1) is 0 Å². The predicted molar refractivity (Wildman–Crippen MR) is 59.6 cm³/mol. The molecule has 2 aromatic rings. The number of halogens is 1. The molecule has 3 nitrogen and oxygen atoms in total. The van der Waals surface area contributed by atoms with Crippen LogP contribution in [-0.4, -0.2) is 16.5 Å². The van der Waals surface area contributed by atoms with Crippen molar-refractivity contribution in [3.8, 4) is 16.6 Å². The summed E-state index contributed by atoms with van der Waals surface area (Å²) in [5.41, 5.74) is 0.993. The van der Waals surface area contributed by atoms with Gasteiger partial charge >= 0.3 is 0 Å². The fraction of sp³-hybridized carbons (Fsp3) is 0.111. The Morgan fingerprint density at radius 2 is 2.00 bits per heavy atom. The lowest BCUT2D eigenvalue weighted by Gasteiger charge is -1.94. The van der Waals surface area contributed by atoms with Crippen molar-refractivity contribution in [1.29, 1.82) is 0 Å². The molecule has 1 heterocycles. The summed E-state index contributed by atoms with van der Waals surface area (Å²) in [5, 5.41) is 0.586. The van der Waals surface area contributed by atoms with Crippen LogP contribution >= 0.6 is 27.5 Å². The van der Waals surface area contributed by atoms with Crippen LogP contribution in [0.25, 0.3) is 11.4 Å². The summed E-state index contributed by atoms with van der Waals surface area (Å²) in [6.07, 6.45) is 0. The van der Waals surface area contributed by atoms with Crippen molar-refractivity contribution in [2.75, 3.05) is 7.11 Å². The fourth-order valence-electron chi connectivity index (χ4n) is 1.01. The topological polar surface area (TPSA) is 35.0 Å². The maximum absolute atomic E-state index is 4.98. The van der Waals surface area contributed by atoms with Crippen molar-refractivity contribution in [2.45, 2.75) is 0 Å². The predicted octanol–water partition coefficient (Wildman–Crippen LogP) is 2.98. The molecule has 0 aliphatic heterocycles. The van der Waals surface area contributed by atoms with Gasteiger partial charge < -0.3 is 4.74 Å². The molecule has 0 bridgehead atoms. The molecular formula is C9H7BrN2OS. The molecule has 72 valence electrons. The Hall–Kier alpha value is -0.940. The molecule has 0 fully saturated rings. The molecule has 0 aliphatic rings. The van der Waals surface area contributed by atoms with Gasteiger partial charge in [-0.3, -0.25) is 0 Å². The summed E-state index contributed by atoms with van der Waals surface area (Å²) in [4.78, 5) is 4.20. The first-order valence-electron chi connectivity index (χ1n) is 3.93. The number of methoxy groups -OCH3 is 1. The first kappa shape index (κ1) is 9.61. The van der Waals surface area contributed by atoms with Crippen molar-refractivity contribution in [1.82, 2.24) is 9.36 Å². The lowest BCUT2D eigenvalue weighted by Crippen LogP contribution is -1.82. The Morgan fingerprint density at radius 1 is 1.29 bits per heavy atom. The average Bonchev–Trinajstić information content (AvgIpc) is 2.67. The molecule has 2 rings (SSSR count). The zero-order valence-electron chi connectivity index (χ0n) is 7.40. The van der Waals surface area contributed by atoms with Crippen LogP contribution in [0.2, 0.25) is 0 Å². The van der Waals surface area contributed by atoms with Gasteiger partial charge in [-0.15, -0.1) is 0 Å². The minimum absolute atomic E-state index is 0.586. The van der Waals surface area contributed by atoms with Gasteiger partial charge in [-0.05, 0) is 12.1 Å². The van der Waals surface area contributed by atoms with Crippen LogP contribution < -0.4 is 4.74 Å². The highest BCUT2D eigenvalue weighted by Crippen LogP contribution is 2.23. The van der Waals surface area contributed by atoms with E-state index >= 15 is 0 Å². The molecule has 0 amide bonds. The van der Waals surface area contributed by atoms with Crippen molar-refractivity contribution >= 4 is 27.5 Å². The maximum atomic E-state index is 4.98. The molecule has 1 aromatic carbocycles. The molecule has 5 heteroatoms. The lowest BCUT2D eigenvalue weighted by atomic mass is 10.2. The molecule has 0 aliphatic carbocycles. The Labute approximate surface area is 94.1 Å². The summed E-state index contributed by atoms with van der Waals surface area (Å²) < 4.78 is 10.2. The Bertz CT molecular complexity index is 427. The second-order valence-electron chi connectivity index (χ2n) is 2.59. The van der Waals surface area contributed by atoms with Crippen molar-refractivity contribution in [3.05, 3.63) is 28.7 Å². The van der Waals surface area contributed by atoms with Gasteiger partial charge in [0.2, 0.25) is 0 Å². The van der Waals surface area contributed by atoms with E-state index in [4.69, 9.17) is 4.74 Å². The number of aromatic nitrogens is 2. The van der Waals surface area contributed by atoms with Crippen molar-refractivity contribution in [2.24, 2.45) is 0 Å². The molecule has 0 unspecified atom stereocenters. The first-order chi connectivity index (χ1) is 6.79. The second kappa shape index (κ2) is 4.06. The van der Waals surface area contributed by atoms with Crippen LogP contribution in [-0.2, 0) is 0 Å². The summed E-state index contributed by atoms with van der Waals surface area (Å²) in [7, 11) is 1.59. The van der Waals surface area contributed by atoms with Gasteiger partial charge in [-0.25, -0.2) is 0 Å². The SMILES string of the molecule is COc1nc(-c2ccc(Br)cc2)ns1. The number of ether oxygens (including phenoxy) is 1. The van der Waals surface area contributed by atoms with Gasteiger partial charge in [-0.2, -0.15) is 9.36 Å². The average molecular weight is 271 g/mol. The van der Waals surface area contributed by atoms with Crippen LogP contribution in [0.5, 0.6) is 5.19 Å². The summed E-state index contributed by atoms with van der Waals surface area (Å²) in [6.45, 7) is 0. The van der Waals surface area contributed by atoms with E-state index in [9.17, 15) is 0 Å². The van der Waals surface area contributed by atoms with E-state index in [0.717, 1.165) is 10.0 Å². The largest absolute Gasteiger partial charge is 0.472 e. The number of hydrogen-bond donors (Lipinski definition) is 0. The van der Waals surface area contributed by atoms with Gasteiger partial charge in [0, 0.05) is 21.6 Å². The Kier molecular flexibility index (Phi) is 2.79.